The lowest BCUT2D eigenvalue weighted by molar-refractivity contribution is 0.274. The lowest BCUT2D eigenvalue weighted by Crippen LogP contribution is -2.22. The second-order valence-corrected chi connectivity index (χ2v) is 3.46. The summed E-state index contributed by atoms with van der Waals surface area (Å²) in [5.74, 6) is 0. The van der Waals surface area contributed by atoms with Crippen LogP contribution in [0, 0.1) is 6.92 Å². The van der Waals surface area contributed by atoms with Gasteiger partial charge in [-0.2, -0.15) is 0 Å². The van der Waals surface area contributed by atoms with Crippen LogP contribution in [0.2, 0.25) is 0 Å². The van der Waals surface area contributed by atoms with Crippen LogP contribution in [0.5, 0.6) is 0 Å². The number of aliphatic hydroxyl groups excluding tert-OH is 1. The van der Waals surface area contributed by atoms with E-state index in [4.69, 9.17) is 5.11 Å². The van der Waals surface area contributed by atoms with Crippen molar-refractivity contribution in [2.24, 2.45) is 0 Å². The Hall–Kier alpha value is -1.68. The third-order valence-corrected chi connectivity index (χ3v) is 2.43. The summed E-state index contributed by atoms with van der Waals surface area (Å²) < 4.78 is 1.51. The molecule has 0 saturated carbocycles. The van der Waals surface area contributed by atoms with Crippen molar-refractivity contribution in [1.82, 2.24) is 9.55 Å². The summed E-state index contributed by atoms with van der Waals surface area (Å²) >= 11 is 0. The van der Waals surface area contributed by atoms with E-state index >= 15 is 0 Å². The van der Waals surface area contributed by atoms with E-state index in [9.17, 15) is 4.79 Å². The van der Waals surface area contributed by atoms with Crippen molar-refractivity contribution >= 4 is 10.8 Å². The number of pyridine rings is 2. The summed E-state index contributed by atoms with van der Waals surface area (Å²) in [7, 11) is 0. The van der Waals surface area contributed by atoms with Gasteiger partial charge in [-0.15, -0.1) is 0 Å². The second kappa shape index (κ2) is 3.82. The quantitative estimate of drug-likeness (QED) is 0.783. The average molecular weight is 204 g/mol. The normalized spacial score (nSPS) is 10.8. The van der Waals surface area contributed by atoms with E-state index in [2.05, 4.69) is 4.98 Å². The number of aliphatic hydroxyl groups is 1. The molecule has 0 atom stereocenters. The van der Waals surface area contributed by atoms with Crippen molar-refractivity contribution < 1.29 is 5.11 Å². The number of nitrogens with zero attached hydrogens (tertiary/aromatic N) is 2. The Kier molecular flexibility index (Phi) is 2.51. The highest BCUT2D eigenvalue weighted by atomic mass is 16.3. The van der Waals surface area contributed by atoms with Crippen molar-refractivity contribution in [3.63, 3.8) is 0 Å². The first kappa shape index (κ1) is 9.86. The molecule has 0 fully saturated rings. The van der Waals surface area contributed by atoms with Crippen molar-refractivity contribution in [3.8, 4) is 0 Å². The molecule has 0 saturated heterocycles. The van der Waals surface area contributed by atoms with Gasteiger partial charge < -0.3 is 9.67 Å². The minimum absolute atomic E-state index is 0.0366. The third-order valence-electron chi connectivity index (χ3n) is 2.43. The molecule has 78 valence electrons. The van der Waals surface area contributed by atoms with Gasteiger partial charge in [0.2, 0.25) is 0 Å². The van der Waals surface area contributed by atoms with Crippen molar-refractivity contribution in [1.29, 1.82) is 0 Å². The Morgan fingerprint density at radius 1 is 1.47 bits per heavy atom. The Bertz CT molecular complexity index is 546. The summed E-state index contributed by atoms with van der Waals surface area (Å²) in [6, 6.07) is 1.83. The molecule has 0 aliphatic rings. The molecule has 0 amide bonds. The minimum Gasteiger partial charge on any atom is -0.395 e. The molecular formula is C11H12N2O2. The van der Waals surface area contributed by atoms with E-state index in [1.807, 2.05) is 13.0 Å². The highest BCUT2D eigenvalue weighted by Crippen LogP contribution is 2.12. The smallest absolute Gasteiger partial charge is 0.260 e. The summed E-state index contributed by atoms with van der Waals surface area (Å²) in [5, 5.41) is 10.4. The van der Waals surface area contributed by atoms with E-state index in [0.29, 0.717) is 11.9 Å². The SMILES string of the molecule is Cc1cn(CCO)c(=O)c2cnccc12. The van der Waals surface area contributed by atoms with E-state index in [-0.39, 0.29) is 12.2 Å². The minimum atomic E-state index is -0.0993. The Morgan fingerprint density at radius 2 is 2.27 bits per heavy atom. The van der Waals surface area contributed by atoms with Gasteiger partial charge in [0, 0.05) is 25.1 Å². The number of aryl methyl sites for hydroxylation is 1. The molecule has 0 unspecified atom stereocenters. The molecule has 2 rings (SSSR count). The fourth-order valence-corrected chi connectivity index (χ4v) is 1.70. The zero-order chi connectivity index (χ0) is 10.8. The molecule has 4 nitrogen and oxygen atoms in total. The summed E-state index contributed by atoms with van der Waals surface area (Å²) in [5.41, 5.74) is 0.915. The van der Waals surface area contributed by atoms with Crippen LogP contribution in [0.15, 0.2) is 29.5 Å². The predicted molar refractivity (Wildman–Crippen MR) is 57.8 cm³/mol. The largest absolute Gasteiger partial charge is 0.395 e. The van der Waals surface area contributed by atoms with Crippen LogP contribution in [-0.2, 0) is 6.54 Å². The van der Waals surface area contributed by atoms with Gasteiger partial charge in [-0.25, -0.2) is 0 Å². The predicted octanol–water partition coefficient (Wildman–Crippen LogP) is 0.697. The molecule has 0 spiro atoms. The van der Waals surface area contributed by atoms with Crippen LogP contribution in [0.1, 0.15) is 5.56 Å². The zero-order valence-corrected chi connectivity index (χ0v) is 8.47. The number of fused-ring (bicyclic) bond motifs is 1. The summed E-state index contributed by atoms with van der Waals surface area (Å²) in [6.45, 7) is 2.23. The van der Waals surface area contributed by atoms with Gasteiger partial charge in [0.1, 0.15) is 0 Å². The fourth-order valence-electron chi connectivity index (χ4n) is 1.70. The number of hydrogen-bond donors (Lipinski definition) is 1. The van der Waals surface area contributed by atoms with E-state index in [1.54, 1.807) is 18.6 Å². The lowest BCUT2D eigenvalue weighted by atomic mass is 10.1. The van der Waals surface area contributed by atoms with Crippen LogP contribution >= 0.6 is 0 Å². The summed E-state index contributed by atoms with van der Waals surface area (Å²) in [4.78, 5) is 15.8. The van der Waals surface area contributed by atoms with Crippen molar-refractivity contribution in [3.05, 3.63) is 40.6 Å². The van der Waals surface area contributed by atoms with Crippen LogP contribution in [-0.4, -0.2) is 21.3 Å². The van der Waals surface area contributed by atoms with Gasteiger partial charge >= 0.3 is 0 Å². The van der Waals surface area contributed by atoms with E-state index < -0.39 is 0 Å². The topological polar surface area (TPSA) is 55.1 Å². The van der Waals surface area contributed by atoms with Crippen LogP contribution in [0.4, 0.5) is 0 Å². The highest BCUT2D eigenvalue weighted by molar-refractivity contribution is 5.83. The molecule has 2 heterocycles. The molecule has 2 aromatic rings. The number of aromatic nitrogens is 2. The Labute approximate surface area is 86.8 Å². The maximum Gasteiger partial charge on any atom is 0.260 e. The van der Waals surface area contributed by atoms with Crippen molar-refractivity contribution in [2.75, 3.05) is 6.61 Å². The molecule has 4 heteroatoms. The Morgan fingerprint density at radius 3 is 3.00 bits per heavy atom. The molecule has 0 radical (unpaired) electrons. The molecule has 15 heavy (non-hydrogen) atoms. The molecule has 0 aliphatic heterocycles. The maximum atomic E-state index is 11.9. The van der Waals surface area contributed by atoms with Crippen LogP contribution < -0.4 is 5.56 Å². The first-order valence-corrected chi connectivity index (χ1v) is 4.78. The molecule has 0 bridgehead atoms. The van der Waals surface area contributed by atoms with Gasteiger partial charge in [0.15, 0.2) is 0 Å². The first-order valence-electron chi connectivity index (χ1n) is 4.78. The molecule has 1 N–H and O–H groups in total. The Balaban J connectivity index is 2.79. The number of rotatable bonds is 2. The zero-order valence-electron chi connectivity index (χ0n) is 8.47. The van der Waals surface area contributed by atoms with Gasteiger partial charge in [-0.05, 0) is 23.9 Å². The molecule has 0 aromatic carbocycles. The van der Waals surface area contributed by atoms with Crippen LogP contribution in [0.3, 0.4) is 0 Å². The first-order chi connectivity index (χ1) is 7.24. The molecule has 0 aliphatic carbocycles. The van der Waals surface area contributed by atoms with Crippen LogP contribution in [0.25, 0.3) is 10.8 Å². The fraction of sp³-hybridized carbons (Fsp3) is 0.273. The lowest BCUT2D eigenvalue weighted by Gasteiger charge is -2.07. The van der Waals surface area contributed by atoms with Gasteiger partial charge in [-0.1, -0.05) is 0 Å². The standard InChI is InChI=1S/C11H12N2O2/c1-8-7-13(4-5-14)11(15)10-6-12-3-2-9(8)10/h2-3,6-7,14H,4-5H2,1H3. The monoisotopic (exact) mass is 204 g/mol. The maximum absolute atomic E-state index is 11.9. The van der Waals surface area contributed by atoms with E-state index in [0.717, 1.165) is 10.9 Å². The summed E-state index contributed by atoms with van der Waals surface area (Å²) in [6.07, 6.45) is 5.00. The average Bonchev–Trinajstić information content (AvgIpc) is 2.26. The van der Waals surface area contributed by atoms with E-state index in [1.165, 1.54) is 4.57 Å². The molecular weight excluding hydrogens is 192 g/mol. The van der Waals surface area contributed by atoms with Gasteiger partial charge in [-0.3, -0.25) is 9.78 Å². The number of hydrogen-bond acceptors (Lipinski definition) is 3. The second-order valence-electron chi connectivity index (χ2n) is 3.46. The molecule has 2 aromatic heterocycles. The third kappa shape index (κ3) is 1.64. The van der Waals surface area contributed by atoms with Gasteiger partial charge in [0.25, 0.3) is 5.56 Å². The highest BCUT2D eigenvalue weighted by Gasteiger charge is 2.04. The van der Waals surface area contributed by atoms with Crippen molar-refractivity contribution in [2.45, 2.75) is 13.5 Å². The van der Waals surface area contributed by atoms with Gasteiger partial charge in [0.05, 0.1) is 12.0 Å².